The van der Waals surface area contributed by atoms with Crippen molar-refractivity contribution in [2.24, 2.45) is 0 Å². The predicted molar refractivity (Wildman–Crippen MR) is 84.4 cm³/mol. The lowest BCUT2D eigenvalue weighted by molar-refractivity contribution is 0.424. The van der Waals surface area contributed by atoms with Crippen LogP contribution in [0.15, 0.2) is 12.3 Å². The minimum atomic E-state index is 0.633. The van der Waals surface area contributed by atoms with Gasteiger partial charge in [-0.05, 0) is 45.8 Å². The highest BCUT2D eigenvalue weighted by atomic mass is 15.2. The number of piperidine rings is 1. The summed E-state index contributed by atoms with van der Waals surface area (Å²) in [5, 5.41) is 3.30. The zero-order valence-corrected chi connectivity index (χ0v) is 13.0. The van der Waals surface area contributed by atoms with Gasteiger partial charge in [0.15, 0.2) is 0 Å². The number of rotatable bonds is 6. The van der Waals surface area contributed by atoms with Crippen molar-refractivity contribution in [1.82, 2.24) is 14.9 Å². The number of nitrogens with zero attached hydrogens (tertiary/aromatic N) is 4. The molecule has 5 nitrogen and oxygen atoms in total. The van der Waals surface area contributed by atoms with Gasteiger partial charge in [-0.1, -0.05) is 6.92 Å². The summed E-state index contributed by atoms with van der Waals surface area (Å²) in [6.45, 7) is 5.23. The van der Waals surface area contributed by atoms with Crippen molar-refractivity contribution < 1.29 is 0 Å². The molecular formula is C15H27N5. The third-order valence-electron chi connectivity index (χ3n) is 3.88. The van der Waals surface area contributed by atoms with Crippen LogP contribution >= 0.6 is 0 Å². The van der Waals surface area contributed by atoms with E-state index in [4.69, 9.17) is 0 Å². The quantitative estimate of drug-likeness (QED) is 0.864. The van der Waals surface area contributed by atoms with E-state index in [1.54, 1.807) is 0 Å². The summed E-state index contributed by atoms with van der Waals surface area (Å²) >= 11 is 0. The Hall–Kier alpha value is -1.36. The maximum atomic E-state index is 4.68. The van der Waals surface area contributed by atoms with Crippen molar-refractivity contribution in [2.45, 2.75) is 38.6 Å². The molecule has 2 heterocycles. The lowest BCUT2D eigenvalue weighted by Crippen LogP contribution is -2.39. The van der Waals surface area contributed by atoms with Crippen molar-refractivity contribution in [3.05, 3.63) is 12.3 Å². The van der Waals surface area contributed by atoms with Crippen LogP contribution in [0.3, 0.4) is 0 Å². The van der Waals surface area contributed by atoms with E-state index in [2.05, 4.69) is 46.1 Å². The monoisotopic (exact) mass is 277 g/mol. The Balaban J connectivity index is 2.00. The smallest absolute Gasteiger partial charge is 0.224 e. The number of hydrogen-bond acceptors (Lipinski definition) is 5. The normalized spacial score (nSPS) is 19.4. The van der Waals surface area contributed by atoms with Crippen molar-refractivity contribution in [3.63, 3.8) is 0 Å². The highest BCUT2D eigenvalue weighted by Crippen LogP contribution is 2.25. The van der Waals surface area contributed by atoms with Gasteiger partial charge >= 0.3 is 0 Å². The second-order valence-electron chi connectivity index (χ2n) is 5.72. The van der Waals surface area contributed by atoms with Crippen molar-refractivity contribution in [3.8, 4) is 0 Å². The molecule has 1 N–H and O–H groups in total. The molecular weight excluding hydrogens is 250 g/mol. The molecule has 20 heavy (non-hydrogen) atoms. The second-order valence-corrected chi connectivity index (χ2v) is 5.72. The highest BCUT2D eigenvalue weighted by molar-refractivity contribution is 5.43. The molecule has 0 bridgehead atoms. The molecule has 1 aromatic rings. The van der Waals surface area contributed by atoms with Gasteiger partial charge < -0.3 is 15.1 Å². The van der Waals surface area contributed by atoms with E-state index in [-0.39, 0.29) is 0 Å². The van der Waals surface area contributed by atoms with Gasteiger partial charge in [-0.2, -0.15) is 4.98 Å². The molecule has 1 fully saturated rings. The van der Waals surface area contributed by atoms with E-state index >= 15 is 0 Å². The summed E-state index contributed by atoms with van der Waals surface area (Å²) in [7, 11) is 4.14. The molecule has 0 saturated carbocycles. The SMILES string of the molecule is CCC1CCCCN1c1ccnc(NCCN(C)C)n1. The zero-order valence-electron chi connectivity index (χ0n) is 13.0. The van der Waals surface area contributed by atoms with E-state index in [9.17, 15) is 0 Å². The van der Waals surface area contributed by atoms with E-state index in [1.165, 1.54) is 25.7 Å². The van der Waals surface area contributed by atoms with Gasteiger partial charge in [-0.15, -0.1) is 0 Å². The number of aromatic nitrogens is 2. The molecule has 1 aliphatic heterocycles. The molecule has 2 rings (SSSR count). The van der Waals surface area contributed by atoms with Crippen LogP contribution in [0.1, 0.15) is 32.6 Å². The Kier molecular flexibility index (Phi) is 5.59. The van der Waals surface area contributed by atoms with Crippen LogP contribution < -0.4 is 10.2 Å². The third-order valence-corrected chi connectivity index (χ3v) is 3.88. The molecule has 0 spiro atoms. The van der Waals surface area contributed by atoms with Gasteiger partial charge in [0.2, 0.25) is 5.95 Å². The topological polar surface area (TPSA) is 44.3 Å². The van der Waals surface area contributed by atoms with Crippen molar-refractivity contribution >= 4 is 11.8 Å². The van der Waals surface area contributed by atoms with Gasteiger partial charge in [0, 0.05) is 31.9 Å². The molecule has 1 saturated heterocycles. The van der Waals surface area contributed by atoms with Gasteiger partial charge in [-0.25, -0.2) is 4.98 Å². The van der Waals surface area contributed by atoms with Gasteiger partial charge in [0.05, 0.1) is 0 Å². The summed E-state index contributed by atoms with van der Waals surface area (Å²) in [5.41, 5.74) is 0. The fourth-order valence-corrected chi connectivity index (χ4v) is 2.71. The first-order valence-corrected chi connectivity index (χ1v) is 7.69. The van der Waals surface area contributed by atoms with E-state index in [0.29, 0.717) is 6.04 Å². The van der Waals surface area contributed by atoms with Crippen molar-refractivity contribution in [1.29, 1.82) is 0 Å². The Morgan fingerprint density at radius 3 is 3.00 bits per heavy atom. The average Bonchev–Trinajstić information content (AvgIpc) is 2.47. The van der Waals surface area contributed by atoms with E-state index < -0.39 is 0 Å². The average molecular weight is 277 g/mol. The molecule has 0 aliphatic carbocycles. The fourth-order valence-electron chi connectivity index (χ4n) is 2.71. The lowest BCUT2D eigenvalue weighted by atomic mass is 10.0. The number of nitrogens with one attached hydrogen (secondary N) is 1. The first-order valence-electron chi connectivity index (χ1n) is 7.69. The number of anilines is 2. The summed E-state index contributed by atoms with van der Waals surface area (Å²) in [5.74, 6) is 1.81. The minimum Gasteiger partial charge on any atom is -0.353 e. The second kappa shape index (κ2) is 7.43. The minimum absolute atomic E-state index is 0.633. The van der Waals surface area contributed by atoms with Gasteiger partial charge in [0.1, 0.15) is 5.82 Å². The summed E-state index contributed by atoms with van der Waals surface area (Å²) in [4.78, 5) is 13.6. The van der Waals surface area contributed by atoms with E-state index in [0.717, 1.165) is 31.4 Å². The largest absolute Gasteiger partial charge is 0.353 e. The molecule has 1 aliphatic rings. The number of hydrogen-bond donors (Lipinski definition) is 1. The van der Waals surface area contributed by atoms with Crippen LogP contribution in [-0.4, -0.2) is 54.6 Å². The summed E-state index contributed by atoms with van der Waals surface area (Å²) in [6.07, 6.45) is 6.94. The van der Waals surface area contributed by atoms with Crippen LogP contribution in [0, 0.1) is 0 Å². The molecule has 0 radical (unpaired) electrons. The van der Waals surface area contributed by atoms with Gasteiger partial charge in [0.25, 0.3) is 0 Å². The Bertz CT molecular complexity index is 407. The first kappa shape index (κ1) is 15.0. The molecule has 1 aromatic heterocycles. The fraction of sp³-hybridized carbons (Fsp3) is 0.733. The molecule has 5 heteroatoms. The summed E-state index contributed by atoms with van der Waals surface area (Å²) in [6, 6.07) is 2.67. The maximum absolute atomic E-state index is 4.68. The summed E-state index contributed by atoms with van der Waals surface area (Å²) < 4.78 is 0. The highest BCUT2D eigenvalue weighted by Gasteiger charge is 2.22. The Morgan fingerprint density at radius 1 is 1.40 bits per heavy atom. The third kappa shape index (κ3) is 4.07. The molecule has 1 unspecified atom stereocenters. The van der Waals surface area contributed by atoms with Crippen LogP contribution in [0.25, 0.3) is 0 Å². The zero-order chi connectivity index (χ0) is 14.4. The predicted octanol–water partition coefficient (Wildman–Crippen LogP) is 2.22. The van der Waals surface area contributed by atoms with E-state index in [1.807, 2.05) is 12.3 Å². The number of likely N-dealkylation sites (N-methyl/N-ethyl adjacent to an activating group) is 1. The maximum Gasteiger partial charge on any atom is 0.224 e. The van der Waals surface area contributed by atoms with Crippen LogP contribution in [0.2, 0.25) is 0 Å². The lowest BCUT2D eigenvalue weighted by Gasteiger charge is -2.36. The van der Waals surface area contributed by atoms with Crippen molar-refractivity contribution in [2.75, 3.05) is 43.9 Å². The molecule has 0 amide bonds. The van der Waals surface area contributed by atoms with Crippen LogP contribution in [0.4, 0.5) is 11.8 Å². The molecule has 112 valence electrons. The standard InChI is InChI=1S/C15H27N5/c1-4-13-7-5-6-11-20(13)14-8-9-16-15(18-14)17-10-12-19(2)3/h8-9,13H,4-7,10-12H2,1-3H3,(H,16,17,18). The first-order chi connectivity index (χ1) is 9.70. The Labute approximate surface area is 122 Å². The van der Waals surface area contributed by atoms with Crippen LogP contribution in [0.5, 0.6) is 0 Å². The van der Waals surface area contributed by atoms with Crippen LogP contribution in [-0.2, 0) is 0 Å². The molecule has 0 aromatic carbocycles. The van der Waals surface area contributed by atoms with Gasteiger partial charge in [-0.3, -0.25) is 0 Å². The Morgan fingerprint density at radius 2 is 2.25 bits per heavy atom. The molecule has 1 atom stereocenters.